The lowest BCUT2D eigenvalue weighted by atomic mass is 9.88. The van der Waals surface area contributed by atoms with Gasteiger partial charge in [-0.25, -0.2) is 4.79 Å². The number of hydrogen-bond acceptors (Lipinski definition) is 6. The maximum atomic E-state index is 12.6. The molecule has 0 radical (unpaired) electrons. The summed E-state index contributed by atoms with van der Waals surface area (Å²) in [6.07, 6.45) is -0.719. The zero-order chi connectivity index (χ0) is 22.0. The van der Waals surface area contributed by atoms with Crippen LogP contribution in [0.3, 0.4) is 0 Å². The van der Waals surface area contributed by atoms with Crippen molar-refractivity contribution in [1.82, 2.24) is 5.32 Å². The van der Waals surface area contributed by atoms with E-state index in [-0.39, 0.29) is 12.0 Å². The van der Waals surface area contributed by atoms with Gasteiger partial charge in [0.2, 0.25) is 0 Å². The van der Waals surface area contributed by atoms with Crippen LogP contribution in [-0.2, 0) is 25.6 Å². The summed E-state index contributed by atoms with van der Waals surface area (Å²) < 4.78 is 23.0. The van der Waals surface area contributed by atoms with Crippen molar-refractivity contribution in [1.29, 1.82) is 0 Å². The third kappa shape index (κ3) is 5.42. The second-order valence-corrected chi connectivity index (χ2v) is 14.3. The first-order valence-corrected chi connectivity index (χ1v) is 13.6. The first-order chi connectivity index (χ1) is 13.9. The van der Waals surface area contributed by atoms with Crippen LogP contribution in [0, 0.1) is 16.9 Å². The van der Waals surface area contributed by atoms with Crippen LogP contribution in [0.5, 0.6) is 0 Å². The van der Waals surface area contributed by atoms with E-state index in [1.54, 1.807) is 0 Å². The van der Waals surface area contributed by atoms with Gasteiger partial charge in [0.05, 0.1) is 19.8 Å². The van der Waals surface area contributed by atoms with Gasteiger partial charge in [-0.15, -0.1) is 5.54 Å². The summed E-state index contributed by atoms with van der Waals surface area (Å²) in [4.78, 5) is 12.6. The van der Waals surface area contributed by atoms with Crippen LogP contribution in [0.2, 0.25) is 19.6 Å². The first-order valence-electron chi connectivity index (χ1n) is 10.1. The predicted octanol–water partition coefficient (Wildman–Crippen LogP) is 2.65. The van der Waals surface area contributed by atoms with Crippen LogP contribution in [-0.4, -0.2) is 56.7 Å². The molecule has 0 aromatic heterocycles. The molecule has 3 aliphatic heterocycles. The molecule has 2 bridgehead atoms. The van der Waals surface area contributed by atoms with E-state index >= 15 is 0 Å². The highest BCUT2D eigenvalue weighted by Gasteiger charge is 2.60. The van der Waals surface area contributed by atoms with Gasteiger partial charge >= 0.3 is 12.1 Å². The Bertz CT molecular complexity index is 799. The molecule has 164 valence electrons. The van der Waals surface area contributed by atoms with Gasteiger partial charge in [-0.2, -0.15) is 0 Å². The zero-order valence-corrected chi connectivity index (χ0v) is 19.3. The monoisotopic (exact) mass is 433 g/mol. The number of amides is 1. The SMILES string of the molecule is CC12COC([C@@H](NC(=O)OCc3ccccc3)[C@](C)(O)C#C[Si](C)(C)C)(OC1)OC2. The molecule has 2 atom stereocenters. The van der Waals surface area contributed by atoms with Gasteiger partial charge in [0.15, 0.2) is 6.04 Å². The number of aliphatic hydroxyl groups is 1. The minimum atomic E-state index is -1.79. The van der Waals surface area contributed by atoms with Gasteiger partial charge in [-0.1, -0.05) is 62.8 Å². The summed E-state index contributed by atoms with van der Waals surface area (Å²) in [7, 11) is -1.79. The fourth-order valence-corrected chi connectivity index (χ4v) is 3.79. The zero-order valence-electron chi connectivity index (χ0n) is 18.3. The minimum absolute atomic E-state index is 0.0930. The number of alkyl carbamates (subject to hydrolysis) is 1. The molecule has 0 spiro atoms. The molecule has 0 saturated carbocycles. The Kier molecular flexibility index (Phi) is 6.32. The second kappa shape index (κ2) is 8.33. The molecule has 7 nitrogen and oxygen atoms in total. The Morgan fingerprint density at radius 2 is 1.80 bits per heavy atom. The van der Waals surface area contributed by atoms with Crippen LogP contribution in [0.15, 0.2) is 30.3 Å². The van der Waals surface area contributed by atoms with E-state index in [9.17, 15) is 9.90 Å². The Balaban J connectivity index is 1.80. The van der Waals surface area contributed by atoms with Crippen molar-refractivity contribution in [3.05, 3.63) is 35.9 Å². The lowest BCUT2D eigenvalue weighted by molar-refractivity contribution is -0.479. The summed E-state index contributed by atoms with van der Waals surface area (Å²) in [5.74, 6) is 1.29. The summed E-state index contributed by atoms with van der Waals surface area (Å²) in [6, 6.07) is 8.23. The van der Waals surface area contributed by atoms with Gasteiger partial charge in [0, 0.05) is 5.41 Å². The molecule has 3 aliphatic rings. The van der Waals surface area contributed by atoms with Crippen LogP contribution in [0.25, 0.3) is 0 Å². The molecule has 1 amide bonds. The molecule has 3 saturated heterocycles. The maximum absolute atomic E-state index is 12.6. The third-order valence-corrected chi connectivity index (χ3v) is 5.82. The Hall–Kier alpha value is -1.89. The summed E-state index contributed by atoms with van der Waals surface area (Å²) in [5, 5.41) is 13.9. The Labute approximate surface area is 179 Å². The average molecular weight is 434 g/mol. The van der Waals surface area contributed by atoms with Crippen molar-refractivity contribution in [2.45, 2.75) is 57.7 Å². The Morgan fingerprint density at radius 1 is 1.23 bits per heavy atom. The molecular formula is C22H31NO6Si. The van der Waals surface area contributed by atoms with Crippen LogP contribution in [0.1, 0.15) is 19.4 Å². The molecule has 8 heteroatoms. The average Bonchev–Trinajstić information content (AvgIpc) is 2.70. The second-order valence-electron chi connectivity index (χ2n) is 9.57. The number of fused-ring (bicyclic) bond motifs is 3. The first kappa shape index (κ1) is 22.8. The summed E-state index contributed by atoms with van der Waals surface area (Å²) >= 11 is 0. The standard InChI is InChI=1S/C22H31NO6Si/c1-20-14-27-22(28-15-20,29-16-20)18(21(2,25)11-12-30(3,4)5)23-19(24)26-13-17-9-7-6-8-10-17/h6-10,18,25H,13-16H2,1-5H3,(H,23,24)/t18-,20?,21+,22?/m0/s1. The van der Waals surface area contributed by atoms with Crippen molar-refractivity contribution in [3.8, 4) is 11.5 Å². The van der Waals surface area contributed by atoms with Gasteiger partial charge < -0.3 is 29.4 Å². The van der Waals surface area contributed by atoms with Crippen molar-refractivity contribution in [3.63, 3.8) is 0 Å². The van der Waals surface area contributed by atoms with E-state index in [4.69, 9.17) is 18.9 Å². The van der Waals surface area contributed by atoms with E-state index in [1.807, 2.05) is 37.3 Å². The molecule has 1 aromatic rings. The lowest BCUT2D eigenvalue weighted by Crippen LogP contribution is -2.72. The molecule has 3 fully saturated rings. The topological polar surface area (TPSA) is 86.3 Å². The van der Waals surface area contributed by atoms with Gasteiger partial charge in [-0.05, 0) is 12.5 Å². The highest BCUT2D eigenvalue weighted by Crippen LogP contribution is 2.42. The van der Waals surface area contributed by atoms with Crippen molar-refractivity contribution >= 4 is 14.2 Å². The normalized spacial score (nSPS) is 28.6. The molecular weight excluding hydrogens is 402 g/mol. The Morgan fingerprint density at radius 3 is 2.33 bits per heavy atom. The maximum Gasteiger partial charge on any atom is 0.408 e. The quantitative estimate of drug-likeness (QED) is 0.548. The summed E-state index contributed by atoms with van der Waals surface area (Å²) in [5.41, 5.74) is 2.08. The van der Waals surface area contributed by atoms with Crippen molar-refractivity contribution in [2.75, 3.05) is 19.8 Å². The van der Waals surface area contributed by atoms with E-state index in [0.29, 0.717) is 19.8 Å². The van der Waals surface area contributed by atoms with E-state index in [0.717, 1.165) is 5.56 Å². The van der Waals surface area contributed by atoms with E-state index in [2.05, 4.69) is 36.4 Å². The smallest absolute Gasteiger partial charge is 0.408 e. The van der Waals surface area contributed by atoms with Gasteiger partial charge in [0.1, 0.15) is 20.3 Å². The third-order valence-electron chi connectivity index (χ3n) is 4.95. The molecule has 4 rings (SSSR count). The van der Waals surface area contributed by atoms with Gasteiger partial charge in [-0.3, -0.25) is 0 Å². The largest absolute Gasteiger partial charge is 0.445 e. The fraction of sp³-hybridized carbons (Fsp3) is 0.591. The number of carbonyl (C=O) groups is 1. The van der Waals surface area contributed by atoms with E-state index < -0.39 is 31.8 Å². The highest BCUT2D eigenvalue weighted by atomic mass is 28.3. The van der Waals surface area contributed by atoms with Gasteiger partial charge in [0.25, 0.3) is 0 Å². The number of rotatable bonds is 5. The van der Waals surface area contributed by atoms with Crippen LogP contribution < -0.4 is 5.32 Å². The van der Waals surface area contributed by atoms with Crippen molar-refractivity contribution < 1.29 is 28.8 Å². The molecule has 0 unspecified atom stereocenters. The lowest BCUT2D eigenvalue weighted by Gasteiger charge is -2.54. The molecule has 30 heavy (non-hydrogen) atoms. The minimum Gasteiger partial charge on any atom is -0.445 e. The number of hydrogen-bond donors (Lipinski definition) is 2. The predicted molar refractivity (Wildman–Crippen MR) is 114 cm³/mol. The molecule has 2 N–H and O–H groups in total. The van der Waals surface area contributed by atoms with E-state index in [1.165, 1.54) is 6.92 Å². The molecule has 1 aromatic carbocycles. The number of benzene rings is 1. The number of nitrogens with one attached hydrogen (secondary N) is 1. The highest BCUT2D eigenvalue weighted by molar-refractivity contribution is 6.83. The van der Waals surface area contributed by atoms with Crippen LogP contribution >= 0.6 is 0 Å². The number of ether oxygens (including phenoxy) is 4. The van der Waals surface area contributed by atoms with Crippen molar-refractivity contribution in [2.24, 2.45) is 5.41 Å². The number of carbonyl (C=O) groups excluding carboxylic acids is 1. The summed E-state index contributed by atoms with van der Waals surface area (Å²) in [6.45, 7) is 11.0. The fourth-order valence-electron chi connectivity index (χ4n) is 3.17. The molecule has 3 heterocycles. The van der Waals surface area contributed by atoms with Crippen LogP contribution in [0.4, 0.5) is 4.79 Å². The molecule has 0 aliphatic carbocycles.